The number of unbranched alkanes of at least 4 members (excludes halogenated alkanes) is 1. The summed E-state index contributed by atoms with van der Waals surface area (Å²) in [5, 5.41) is 11.5. The highest BCUT2D eigenvalue weighted by Crippen LogP contribution is 2.31. The molecule has 0 spiro atoms. The molecule has 0 saturated heterocycles. The second kappa shape index (κ2) is 7.62. The predicted octanol–water partition coefficient (Wildman–Crippen LogP) is 4.55. The highest BCUT2D eigenvalue weighted by Gasteiger charge is 2.16. The molecule has 2 heterocycles. The van der Waals surface area contributed by atoms with E-state index in [-0.39, 0.29) is 5.56 Å². The van der Waals surface area contributed by atoms with Crippen LogP contribution in [-0.4, -0.2) is 9.55 Å². The Kier molecular flexibility index (Phi) is 5.30. The molecular weight excluding hydrogens is 330 g/mol. The Labute approximate surface area is 151 Å². The van der Waals surface area contributed by atoms with E-state index in [1.807, 2.05) is 12.3 Å². The van der Waals surface area contributed by atoms with E-state index in [4.69, 9.17) is 10.2 Å². The Bertz CT molecular complexity index is 977. The number of hydrogen-bond donors (Lipinski definition) is 0. The van der Waals surface area contributed by atoms with Crippen molar-refractivity contribution in [2.45, 2.75) is 46.1 Å². The van der Waals surface area contributed by atoms with Crippen molar-refractivity contribution in [1.29, 1.82) is 5.26 Å². The van der Waals surface area contributed by atoms with Gasteiger partial charge in [0.2, 0.25) is 0 Å². The van der Waals surface area contributed by atoms with E-state index in [1.54, 1.807) is 4.57 Å². The molecule has 0 aliphatic heterocycles. The zero-order chi connectivity index (χ0) is 17.8. The average molecular weight is 351 g/mol. The fraction of sp³-hybridized carbons (Fsp3) is 0.350. The summed E-state index contributed by atoms with van der Waals surface area (Å²) in [5.41, 5.74) is 3.30. The molecule has 0 aliphatic rings. The number of hydrogen-bond acceptors (Lipinski definition) is 4. The lowest BCUT2D eigenvalue weighted by molar-refractivity contribution is 0.594. The van der Waals surface area contributed by atoms with Crippen LogP contribution in [0.5, 0.6) is 0 Å². The first-order valence-electron chi connectivity index (χ1n) is 8.66. The van der Waals surface area contributed by atoms with Crippen molar-refractivity contribution in [3.63, 3.8) is 0 Å². The topological polar surface area (TPSA) is 58.7 Å². The normalized spacial score (nSPS) is 10.9. The maximum Gasteiger partial charge on any atom is 0.262 e. The van der Waals surface area contributed by atoms with Crippen LogP contribution in [0.3, 0.4) is 0 Å². The molecule has 0 saturated carbocycles. The first kappa shape index (κ1) is 17.4. The quantitative estimate of drug-likeness (QED) is 0.612. The molecule has 0 fully saturated rings. The standard InChI is InChI=1S/C20H21N3OS/c1-3-14-7-9-15(10-8-14)16-13-25-19-18(16)20(24)23(12-6-5-11-21)17(4-2)22-19/h7-10,13H,3-6,12H2,1-2H3. The predicted molar refractivity (Wildman–Crippen MR) is 103 cm³/mol. The van der Waals surface area contributed by atoms with Gasteiger partial charge in [-0.3, -0.25) is 9.36 Å². The fourth-order valence-corrected chi connectivity index (χ4v) is 3.97. The van der Waals surface area contributed by atoms with Crippen LogP contribution < -0.4 is 5.56 Å². The molecule has 128 valence electrons. The molecule has 0 atom stereocenters. The number of nitrogens with zero attached hydrogens (tertiary/aromatic N) is 3. The van der Waals surface area contributed by atoms with Crippen LogP contribution in [0.2, 0.25) is 0 Å². The maximum absolute atomic E-state index is 13.1. The molecule has 0 unspecified atom stereocenters. The van der Waals surface area contributed by atoms with Gasteiger partial charge in [-0.15, -0.1) is 11.3 Å². The molecule has 0 N–H and O–H groups in total. The first-order valence-corrected chi connectivity index (χ1v) is 9.54. The minimum absolute atomic E-state index is 0.00982. The van der Waals surface area contributed by atoms with Gasteiger partial charge in [-0.25, -0.2) is 4.98 Å². The second-order valence-electron chi connectivity index (χ2n) is 5.98. The Morgan fingerprint density at radius 3 is 2.60 bits per heavy atom. The van der Waals surface area contributed by atoms with E-state index < -0.39 is 0 Å². The number of fused-ring (bicyclic) bond motifs is 1. The number of thiophene rings is 1. The summed E-state index contributed by atoms with van der Waals surface area (Å²) in [6, 6.07) is 10.5. The Morgan fingerprint density at radius 1 is 1.20 bits per heavy atom. The second-order valence-corrected chi connectivity index (χ2v) is 6.84. The van der Waals surface area contributed by atoms with Crippen molar-refractivity contribution >= 4 is 21.6 Å². The third-order valence-corrected chi connectivity index (χ3v) is 5.30. The molecule has 4 nitrogen and oxygen atoms in total. The van der Waals surface area contributed by atoms with E-state index in [9.17, 15) is 4.79 Å². The van der Waals surface area contributed by atoms with Crippen molar-refractivity contribution in [2.75, 3.05) is 0 Å². The Balaban J connectivity index is 2.13. The van der Waals surface area contributed by atoms with Crippen LogP contribution in [0, 0.1) is 11.3 Å². The van der Waals surface area contributed by atoms with Crippen LogP contribution in [0.15, 0.2) is 34.4 Å². The van der Waals surface area contributed by atoms with Gasteiger partial charge >= 0.3 is 0 Å². The summed E-state index contributed by atoms with van der Waals surface area (Å²) in [6.45, 7) is 4.68. The van der Waals surface area contributed by atoms with Gasteiger partial charge < -0.3 is 0 Å². The van der Waals surface area contributed by atoms with Gasteiger partial charge in [0.05, 0.1) is 11.5 Å². The Morgan fingerprint density at radius 2 is 1.96 bits per heavy atom. The molecule has 3 aromatic rings. The van der Waals surface area contributed by atoms with Crippen LogP contribution in [-0.2, 0) is 19.4 Å². The SMILES string of the molecule is CCc1ccc(-c2csc3nc(CC)n(CCCC#N)c(=O)c23)cc1. The summed E-state index contributed by atoms with van der Waals surface area (Å²) in [7, 11) is 0. The van der Waals surface area contributed by atoms with E-state index >= 15 is 0 Å². The number of aryl methyl sites for hydroxylation is 2. The number of benzene rings is 1. The largest absolute Gasteiger partial charge is 0.296 e. The van der Waals surface area contributed by atoms with E-state index in [1.165, 1.54) is 16.9 Å². The smallest absolute Gasteiger partial charge is 0.262 e. The minimum Gasteiger partial charge on any atom is -0.296 e. The minimum atomic E-state index is 0.00982. The van der Waals surface area contributed by atoms with Crippen LogP contribution >= 0.6 is 11.3 Å². The van der Waals surface area contributed by atoms with Crippen molar-refractivity contribution < 1.29 is 0 Å². The van der Waals surface area contributed by atoms with Crippen molar-refractivity contribution in [3.8, 4) is 17.2 Å². The van der Waals surface area contributed by atoms with Gasteiger partial charge in [0.1, 0.15) is 10.7 Å². The molecule has 5 heteroatoms. The third kappa shape index (κ3) is 3.35. The fourth-order valence-electron chi connectivity index (χ4n) is 3.02. The highest BCUT2D eigenvalue weighted by molar-refractivity contribution is 7.17. The van der Waals surface area contributed by atoms with Gasteiger partial charge in [0.25, 0.3) is 5.56 Å². The van der Waals surface area contributed by atoms with Crippen LogP contribution in [0.4, 0.5) is 0 Å². The van der Waals surface area contributed by atoms with Gasteiger partial charge in [-0.2, -0.15) is 5.26 Å². The maximum atomic E-state index is 13.1. The molecule has 0 radical (unpaired) electrons. The first-order chi connectivity index (χ1) is 12.2. The highest BCUT2D eigenvalue weighted by atomic mass is 32.1. The molecule has 1 aromatic carbocycles. The third-order valence-electron chi connectivity index (χ3n) is 4.43. The molecule has 25 heavy (non-hydrogen) atoms. The van der Waals surface area contributed by atoms with Gasteiger partial charge in [-0.1, -0.05) is 38.1 Å². The van der Waals surface area contributed by atoms with Gasteiger partial charge in [0, 0.05) is 30.3 Å². The van der Waals surface area contributed by atoms with Crippen molar-refractivity contribution in [2.24, 2.45) is 0 Å². The van der Waals surface area contributed by atoms with Crippen LogP contribution in [0.25, 0.3) is 21.3 Å². The summed E-state index contributed by atoms with van der Waals surface area (Å²) in [6.07, 6.45) is 2.82. The lowest BCUT2D eigenvalue weighted by atomic mass is 10.0. The zero-order valence-corrected chi connectivity index (χ0v) is 15.4. The molecular formula is C20H21N3OS. The van der Waals surface area contributed by atoms with E-state index in [0.717, 1.165) is 28.2 Å². The number of aromatic nitrogens is 2. The molecule has 0 aliphatic carbocycles. The van der Waals surface area contributed by atoms with Crippen LogP contribution in [0.1, 0.15) is 38.1 Å². The molecule has 3 rings (SSSR count). The molecule has 2 aromatic heterocycles. The number of rotatable bonds is 6. The summed E-state index contributed by atoms with van der Waals surface area (Å²) >= 11 is 1.52. The van der Waals surface area contributed by atoms with Gasteiger partial charge in [-0.05, 0) is 24.0 Å². The van der Waals surface area contributed by atoms with E-state index in [2.05, 4.69) is 37.3 Å². The van der Waals surface area contributed by atoms with Crippen molar-refractivity contribution in [1.82, 2.24) is 9.55 Å². The summed E-state index contributed by atoms with van der Waals surface area (Å²) in [4.78, 5) is 18.6. The van der Waals surface area contributed by atoms with Crippen molar-refractivity contribution in [3.05, 3.63) is 51.4 Å². The average Bonchev–Trinajstić information content (AvgIpc) is 3.07. The lowest BCUT2D eigenvalue weighted by Crippen LogP contribution is -2.25. The summed E-state index contributed by atoms with van der Waals surface area (Å²) < 4.78 is 1.75. The molecule has 0 bridgehead atoms. The number of nitriles is 1. The van der Waals surface area contributed by atoms with E-state index in [0.29, 0.717) is 31.2 Å². The van der Waals surface area contributed by atoms with Gasteiger partial charge in [0.15, 0.2) is 0 Å². The Hall–Kier alpha value is -2.45. The zero-order valence-electron chi connectivity index (χ0n) is 14.6. The summed E-state index contributed by atoms with van der Waals surface area (Å²) in [5.74, 6) is 0.796. The lowest BCUT2D eigenvalue weighted by Gasteiger charge is -2.11. The monoisotopic (exact) mass is 351 g/mol. The molecule has 0 amide bonds.